The van der Waals surface area contributed by atoms with Crippen LogP contribution >= 0.6 is 0 Å². The molecule has 0 unspecified atom stereocenters. The highest BCUT2D eigenvalue weighted by Crippen LogP contribution is 2.27. The summed E-state index contributed by atoms with van der Waals surface area (Å²) in [4.78, 5) is 6.73. The van der Waals surface area contributed by atoms with Crippen LogP contribution in [0.4, 0.5) is 5.82 Å². The summed E-state index contributed by atoms with van der Waals surface area (Å²) in [7, 11) is 3.73. The van der Waals surface area contributed by atoms with Crippen molar-refractivity contribution >= 4 is 11.5 Å². The van der Waals surface area contributed by atoms with Crippen molar-refractivity contribution in [3.05, 3.63) is 78.6 Å². The maximum Gasteiger partial charge on any atom is 0.165 e. The van der Waals surface area contributed by atoms with Crippen LogP contribution in [0.3, 0.4) is 0 Å². The Labute approximate surface area is 152 Å². The summed E-state index contributed by atoms with van der Waals surface area (Å²) in [6, 6.07) is 20.3. The van der Waals surface area contributed by atoms with E-state index in [9.17, 15) is 0 Å². The molecular formula is C21H20N4O. The molecule has 0 saturated carbocycles. The van der Waals surface area contributed by atoms with Crippen LogP contribution in [0.5, 0.6) is 5.75 Å². The predicted octanol–water partition coefficient (Wildman–Crippen LogP) is 4.04. The van der Waals surface area contributed by atoms with Crippen molar-refractivity contribution < 1.29 is 4.74 Å². The Balaban J connectivity index is 1.70. The first-order valence-electron chi connectivity index (χ1n) is 8.48. The fourth-order valence-corrected chi connectivity index (χ4v) is 3.08. The molecule has 2 aromatic heterocycles. The minimum absolute atomic E-state index is 0.803. The Morgan fingerprint density at radius 3 is 2.50 bits per heavy atom. The molecule has 5 nitrogen and oxygen atoms in total. The molecule has 130 valence electrons. The van der Waals surface area contributed by atoms with Crippen molar-refractivity contribution in [1.82, 2.24) is 14.6 Å². The van der Waals surface area contributed by atoms with E-state index in [-0.39, 0.29) is 0 Å². The highest BCUT2D eigenvalue weighted by Gasteiger charge is 2.13. The van der Waals surface area contributed by atoms with Crippen molar-refractivity contribution in [3.8, 4) is 16.9 Å². The van der Waals surface area contributed by atoms with Gasteiger partial charge in [0.05, 0.1) is 13.3 Å². The third-order valence-electron chi connectivity index (χ3n) is 4.44. The Bertz CT molecular complexity index is 1010. The predicted molar refractivity (Wildman–Crippen MR) is 104 cm³/mol. The molecule has 0 spiro atoms. The molecule has 0 aliphatic heterocycles. The van der Waals surface area contributed by atoms with E-state index >= 15 is 0 Å². The number of ether oxygens (including phenoxy) is 1. The van der Waals surface area contributed by atoms with Crippen molar-refractivity contribution in [2.75, 3.05) is 19.1 Å². The first-order valence-corrected chi connectivity index (χ1v) is 8.48. The Morgan fingerprint density at radius 2 is 1.77 bits per heavy atom. The summed E-state index contributed by atoms with van der Waals surface area (Å²) in [5.74, 6) is 1.83. The molecule has 0 aliphatic carbocycles. The van der Waals surface area contributed by atoms with Gasteiger partial charge in [-0.3, -0.25) is 0 Å². The molecule has 4 aromatic rings. The number of aromatic nitrogens is 3. The second-order valence-corrected chi connectivity index (χ2v) is 6.17. The van der Waals surface area contributed by atoms with Gasteiger partial charge in [0.1, 0.15) is 11.6 Å². The lowest BCUT2D eigenvalue weighted by Gasteiger charge is -2.20. The number of hydrogen-bond donors (Lipinski definition) is 0. The fourth-order valence-electron chi connectivity index (χ4n) is 3.08. The summed E-state index contributed by atoms with van der Waals surface area (Å²) in [5, 5.41) is 4.58. The van der Waals surface area contributed by atoms with Gasteiger partial charge in [-0.05, 0) is 29.3 Å². The standard InChI is InChI=1S/C21H20N4O/c1-24(15-16-6-4-3-5-7-16)20-12-13-22-21-19(14-23-25(20)21)17-8-10-18(26-2)11-9-17/h3-14H,15H2,1-2H3. The van der Waals surface area contributed by atoms with Gasteiger partial charge in [0.2, 0.25) is 0 Å². The second-order valence-electron chi connectivity index (χ2n) is 6.17. The van der Waals surface area contributed by atoms with Crippen molar-refractivity contribution in [1.29, 1.82) is 0 Å². The number of anilines is 1. The molecular weight excluding hydrogens is 324 g/mol. The van der Waals surface area contributed by atoms with Gasteiger partial charge >= 0.3 is 0 Å². The molecule has 0 atom stereocenters. The molecule has 26 heavy (non-hydrogen) atoms. The minimum atomic E-state index is 0.803. The van der Waals surface area contributed by atoms with Gasteiger partial charge in [0, 0.05) is 25.4 Å². The highest BCUT2D eigenvalue weighted by atomic mass is 16.5. The normalized spacial score (nSPS) is 10.8. The molecule has 4 rings (SSSR count). The Hall–Kier alpha value is -3.34. The average molecular weight is 344 g/mol. The van der Waals surface area contributed by atoms with E-state index in [0.29, 0.717) is 0 Å². The van der Waals surface area contributed by atoms with E-state index < -0.39 is 0 Å². The van der Waals surface area contributed by atoms with Crippen molar-refractivity contribution in [3.63, 3.8) is 0 Å². The molecule has 0 amide bonds. The molecule has 2 heterocycles. The third kappa shape index (κ3) is 2.99. The number of methoxy groups -OCH3 is 1. The molecule has 0 N–H and O–H groups in total. The number of rotatable bonds is 5. The number of fused-ring (bicyclic) bond motifs is 1. The Kier molecular flexibility index (Phi) is 4.27. The number of nitrogens with zero attached hydrogens (tertiary/aromatic N) is 4. The van der Waals surface area contributed by atoms with Crippen LogP contribution in [0, 0.1) is 0 Å². The summed E-state index contributed by atoms with van der Waals surface area (Å²) in [6.45, 7) is 0.803. The SMILES string of the molecule is COc1ccc(-c2cnn3c(N(C)Cc4ccccc4)ccnc23)cc1. The lowest BCUT2D eigenvalue weighted by molar-refractivity contribution is 0.415. The van der Waals surface area contributed by atoms with Gasteiger partial charge in [0.25, 0.3) is 0 Å². The smallest absolute Gasteiger partial charge is 0.165 e. The molecule has 0 fully saturated rings. The molecule has 0 bridgehead atoms. The molecule has 0 saturated heterocycles. The van der Waals surface area contributed by atoms with Gasteiger partial charge in [-0.1, -0.05) is 42.5 Å². The van der Waals surface area contributed by atoms with E-state index in [1.807, 2.05) is 53.3 Å². The van der Waals surface area contributed by atoms with Crippen LogP contribution in [-0.2, 0) is 6.54 Å². The maximum absolute atomic E-state index is 5.24. The highest BCUT2D eigenvalue weighted by molar-refractivity contribution is 5.78. The monoisotopic (exact) mass is 344 g/mol. The zero-order chi connectivity index (χ0) is 17.9. The van der Waals surface area contributed by atoms with E-state index in [2.05, 4.69) is 46.3 Å². The topological polar surface area (TPSA) is 42.7 Å². The number of hydrogen-bond acceptors (Lipinski definition) is 4. The lowest BCUT2D eigenvalue weighted by atomic mass is 10.1. The van der Waals surface area contributed by atoms with Gasteiger partial charge in [-0.2, -0.15) is 9.61 Å². The van der Waals surface area contributed by atoms with Crippen LogP contribution in [0.2, 0.25) is 0 Å². The van der Waals surface area contributed by atoms with E-state index in [4.69, 9.17) is 4.74 Å². The van der Waals surface area contributed by atoms with E-state index in [0.717, 1.165) is 34.9 Å². The maximum atomic E-state index is 5.24. The first-order chi connectivity index (χ1) is 12.8. The van der Waals surface area contributed by atoms with Gasteiger partial charge in [-0.15, -0.1) is 0 Å². The molecule has 0 radical (unpaired) electrons. The second kappa shape index (κ2) is 6.88. The summed E-state index contributed by atoms with van der Waals surface area (Å²) < 4.78 is 7.13. The lowest BCUT2D eigenvalue weighted by Crippen LogP contribution is -2.19. The zero-order valence-electron chi connectivity index (χ0n) is 14.8. The largest absolute Gasteiger partial charge is 0.497 e. The molecule has 5 heteroatoms. The molecule has 0 aliphatic rings. The van der Waals surface area contributed by atoms with Crippen LogP contribution in [-0.4, -0.2) is 28.8 Å². The number of benzene rings is 2. The fraction of sp³-hybridized carbons (Fsp3) is 0.143. The van der Waals surface area contributed by atoms with Crippen molar-refractivity contribution in [2.45, 2.75) is 6.54 Å². The Morgan fingerprint density at radius 1 is 1.00 bits per heavy atom. The van der Waals surface area contributed by atoms with Crippen LogP contribution in [0.1, 0.15) is 5.56 Å². The van der Waals surface area contributed by atoms with E-state index in [1.165, 1.54) is 5.56 Å². The third-order valence-corrected chi connectivity index (χ3v) is 4.44. The minimum Gasteiger partial charge on any atom is -0.497 e. The van der Waals surface area contributed by atoms with Gasteiger partial charge in [0.15, 0.2) is 5.65 Å². The van der Waals surface area contributed by atoms with Crippen LogP contribution in [0.25, 0.3) is 16.8 Å². The van der Waals surface area contributed by atoms with Crippen molar-refractivity contribution in [2.24, 2.45) is 0 Å². The summed E-state index contributed by atoms with van der Waals surface area (Å²) >= 11 is 0. The van der Waals surface area contributed by atoms with Crippen LogP contribution in [0.15, 0.2) is 73.1 Å². The summed E-state index contributed by atoms with van der Waals surface area (Å²) in [5.41, 5.74) is 4.16. The first kappa shape index (κ1) is 16.1. The average Bonchev–Trinajstić information content (AvgIpc) is 3.13. The van der Waals surface area contributed by atoms with E-state index in [1.54, 1.807) is 7.11 Å². The zero-order valence-corrected chi connectivity index (χ0v) is 14.8. The van der Waals surface area contributed by atoms with Gasteiger partial charge < -0.3 is 9.64 Å². The summed E-state index contributed by atoms with van der Waals surface area (Å²) in [6.07, 6.45) is 3.70. The molecule has 2 aromatic carbocycles. The van der Waals surface area contributed by atoms with Gasteiger partial charge in [-0.25, -0.2) is 4.98 Å². The van der Waals surface area contributed by atoms with Crippen LogP contribution < -0.4 is 9.64 Å². The quantitative estimate of drug-likeness (QED) is 0.548.